The van der Waals surface area contributed by atoms with Gasteiger partial charge in [-0.05, 0) is 0 Å². The monoisotopic (exact) mass is 230 g/mol. The number of halogens is 1. The lowest BCUT2D eigenvalue weighted by atomic mass is 10.2. The zero-order valence-electron chi connectivity index (χ0n) is 8.22. The number of fused-ring (bicyclic) bond motifs is 1. The van der Waals surface area contributed by atoms with Crippen LogP contribution in [0.2, 0.25) is 5.15 Å². The van der Waals surface area contributed by atoms with Crippen LogP contribution in [0.1, 0.15) is 0 Å². The minimum absolute atomic E-state index is 0.368. The number of hydrogen-bond acceptors (Lipinski definition) is 3. The van der Waals surface area contributed by atoms with Crippen LogP contribution in [0.25, 0.3) is 22.6 Å². The van der Waals surface area contributed by atoms with Gasteiger partial charge in [0.05, 0.1) is 6.20 Å². The first-order chi connectivity index (χ1) is 7.83. The Morgan fingerprint density at radius 2 is 1.94 bits per heavy atom. The molecule has 3 nitrogen and oxygen atoms in total. The molecule has 0 aliphatic rings. The fourth-order valence-electron chi connectivity index (χ4n) is 1.54. The summed E-state index contributed by atoms with van der Waals surface area (Å²) in [7, 11) is 0. The molecule has 0 radical (unpaired) electrons. The maximum Gasteiger partial charge on any atom is 0.245 e. The van der Waals surface area contributed by atoms with E-state index in [0.717, 1.165) is 11.3 Å². The van der Waals surface area contributed by atoms with Gasteiger partial charge in [0, 0.05) is 11.6 Å². The lowest BCUT2D eigenvalue weighted by molar-refractivity contribution is 0.617. The van der Waals surface area contributed by atoms with Crippen LogP contribution in [0.4, 0.5) is 0 Å². The minimum Gasteiger partial charge on any atom is -0.436 e. The standard InChI is InChI=1S/C12H7ClN2O/c13-11-7-14-12-9(15-11)6-10(16-12)8-4-2-1-3-5-8/h1-7H. The first-order valence-electron chi connectivity index (χ1n) is 4.80. The number of hydrogen-bond donors (Lipinski definition) is 0. The van der Waals surface area contributed by atoms with Gasteiger partial charge in [0.25, 0.3) is 0 Å². The van der Waals surface area contributed by atoms with E-state index in [4.69, 9.17) is 16.0 Å². The van der Waals surface area contributed by atoms with Crippen LogP contribution >= 0.6 is 11.6 Å². The second-order valence-corrected chi connectivity index (χ2v) is 3.75. The van der Waals surface area contributed by atoms with Crippen molar-refractivity contribution in [1.82, 2.24) is 9.97 Å². The number of benzene rings is 1. The summed E-state index contributed by atoms with van der Waals surface area (Å²) in [5, 5.41) is 0.368. The summed E-state index contributed by atoms with van der Waals surface area (Å²) in [5.74, 6) is 0.748. The van der Waals surface area contributed by atoms with Gasteiger partial charge in [-0.3, -0.25) is 0 Å². The van der Waals surface area contributed by atoms with Crippen LogP contribution in [-0.2, 0) is 0 Å². The fraction of sp³-hybridized carbons (Fsp3) is 0. The Morgan fingerprint density at radius 1 is 1.12 bits per heavy atom. The summed E-state index contributed by atoms with van der Waals surface area (Å²) in [4.78, 5) is 8.20. The third-order valence-corrected chi connectivity index (χ3v) is 2.45. The molecular formula is C12H7ClN2O. The molecule has 0 amide bonds. The molecule has 78 valence electrons. The molecule has 3 aromatic rings. The Balaban J connectivity index is 2.19. The highest BCUT2D eigenvalue weighted by Gasteiger charge is 2.07. The highest BCUT2D eigenvalue weighted by atomic mass is 35.5. The summed E-state index contributed by atoms with van der Waals surface area (Å²) >= 11 is 5.76. The van der Waals surface area contributed by atoms with E-state index in [9.17, 15) is 0 Å². The molecule has 0 bridgehead atoms. The van der Waals surface area contributed by atoms with Crippen molar-refractivity contribution in [3.8, 4) is 11.3 Å². The molecule has 0 aliphatic heterocycles. The quantitative estimate of drug-likeness (QED) is 0.642. The topological polar surface area (TPSA) is 38.9 Å². The lowest BCUT2D eigenvalue weighted by Gasteiger charge is -1.92. The molecule has 0 spiro atoms. The number of furan rings is 1. The zero-order chi connectivity index (χ0) is 11.0. The molecule has 16 heavy (non-hydrogen) atoms. The number of nitrogens with zero attached hydrogens (tertiary/aromatic N) is 2. The van der Waals surface area contributed by atoms with E-state index in [2.05, 4.69) is 9.97 Å². The van der Waals surface area contributed by atoms with E-state index in [1.807, 2.05) is 36.4 Å². The third-order valence-electron chi connectivity index (χ3n) is 2.27. The van der Waals surface area contributed by atoms with Crippen molar-refractivity contribution in [1.29, 1.82) is 0 Å². The Hall–Kier alpha value is -1.87. The van der Waals surface area contributed by atoms with Crippen molar-refractivity contribution in [3.63, 3.8) is 0 Å². The Labute approximate surface area is 96.7 Å². The van der Waals surface area contributed by atoms with Gasteiger partial charge >= 0.3 is 0 Å². The summed E-state index contributed by atoms with van der Waals surface area (Å²) in [5.41, 5.74) is 2.17. The number of rotatable bonds is 1. The van der Waals surface area contributed by atoms with Crippen molar-refractivity contribution < 1.29 is 4.42 Å². The Morgan fingerprint density at radius 3 is 2.75 bits per heavy atom. The van der Waals surface area contributed by atoms with E-state index >= 15 is 0 Å². The zero-order valence-corrected chi connectivity index (χ0v) is 8.98. The second kappa shape index (κ2) is 3.61. The van der Waals surface area contributed by atoms with Crippen molar-refractivity contribution in [2.75, 3.05) is 0 Å². The van der Waals surface area contributed by atoms with Crippen molar-refractivity contribution in [3.05, 3.63) is 47.7 Å². The molecule has 1 aromatic carbocycles. The van der Waals surface area contributed by atoms with Crippen LogP contribution < -0.4 is 0 Å². The van der Waals surface area contributed by atoms with Gasteiger partial charge in [-0.15, -0.1) is 0 Å². The molecule has 4 heteroatoms. The van der Waals surface area contributed by atoms with Crippen molar-refractivity contribution in [2.24, 2.45) is 0 Å². The average Bonchev–Trinajstić information content (AvgIpc) is 2.73. The van der Waals surface area contributed by atoms with Gasteiger partial charge in [-0.25, -0.2) is 9.97 Å². The first-order valence-corrected chi connectivity index (χ1v) is 5.18. The highest BCUT2D eigenvalue weighted by Crippen LogP contribution is 2.25. The average molecular weight is 231 g/mol. The molecule has 0 saturated heterocycles. The second-order valence-electron chi connectivity index (χ2n) is 3.36. The highest BCUT2D eigenvalue weighted by molar-refractivity contribution is 6.29. The molecule has 3 rings (SSSR count). The molecule has 0 saturated carbocycles. The molecule has 0 unspecified atom stereocenters. The molecule has 2 aromatic heterocycles. The Kier molecular flexibility index (Phi) is 2.11. The van der Waals surface area contributed by atoms with Gasteiger partial charge in [0.1, 0.15) is 16.4 Å². The van der Waals surface area contributed by atoms with Gasteiger partial charge in [0.2, 0.25) is 5.71 Å². The molecule has 0 N–H and O–H groups in total. The molecular weight excluding hydrogens is 224 g/mol. The van der Waals surface area contributed by atoms with E-state index in [0.29, 0.717) is 16.4 Å². The normalized spacial score (nSPS) is 10.8. The first kappa shape index (κ1) is 9.36. The van der Waals surface area contributed by atoms with E-state index in [1.54, 1.807) is 0 Å². The molecule has 2 heterocycles. The van der Waals surface area contributed by atoms with Crippen molar-refractivity contribution in [2.45, 2.75) is 0 Å². The summed E-state index contributed by atoms with van der Waals surface area (Å²) in [6.07, 6.45) is 1.47. The van der Waals surface area contributed by atoms with E-state index in [1.165, 1.54) is 6.20 Å². The smallest absolute Gasteiger partial charge is 0.245 e. The maximum absolute atomic E-state index is 5.76. The molecule has 0 fully saturated rings. The van der Waals surface area contributed by atoms with Gasteiger partial charge < -0.3 is 4.42 Å². The summed E-state index contributed by atoms with van der Waals surface area (Å²) < 4.78 is 5.58. The Bertz CT molecular complexity index is 634. The SMILES string of the molecule is Clc1cnc2oc(-c3ccccc3)cc2n1. The van der Waals surface area contributed by atoms with Crippen molar-refractivity contribution >= 4 is 22.8 Å². The van der Waals surface area contributed by atoms with Gasteiger partial charge in [-0.1, -0.05) is 41.9 Å². The molecule has 0 atom stereocenters. The fourth-order valence-corrected chi connectivity index (χ4v) is 1.68. The van der Waals surface area contributed by atoms with Crippen LogP contribution in [0.5, 0.6) is 0 Å². The van der Waals surface area contributed by atoms with Crippen LogP contribution in [0.15, 0.2) is 47.0 Å². The maximum atomic E-state index is 5.76. The summed E-state index contributed by atoms with van der Waals surface area (Å²) in [6.45, 7) is 0. The number of aromatic nitrogens is 2. The van der Waals surface area contributed by atoms with Crippen LogP contribution in [-0.4, -0.2) is 9.97 Å². The van der Waals surface area contributed by atoms with Crippen LogP contribution in [0, 0.1) is 0 Å². The summed E-state index contributed by atoms with van der Waals surface area (Å²) in [6, 6.07) is 11.6. The van der Waals surface area contributed by atoms with Crippen LogP contribution in [0.3, 0.4) is 0 Å². The lowest BCUT2D eigenvalue weighted by Crippen LogP contribution is -1.77. The minimum atomic E-state index is 0.368. The predicted octanol–water partition coefficient (Wildman–Crippen LogP) is 3.54. The van der Waals surface area contributed by atoms with E-state index in [-0.39, 0.29) is 0 Å². The third kappa shape index (κ3) is 1.55. The van der Waals surface area contributed by atoms with Gasteiger partial charge in [-0.2, -0.15) is 0 Å². The van der Waals surface area contributed by atoms with E-state index < -0.39 is 0 Å². The van der Waals surface area contributed by atoms with Gasteiger partial charge in [0.15, 0.2) is 0 Å². The predicted molar refractivity (Wildman–Crippen MR) is 62.3 cm³/mol. The largest absolute Gasteiger partial charge is 0.436 e. The molecule has 0 aliphatic carbocycles.